The molecule has 160 valence electrons. The molecule has 0 fully saturated rings. The number of hydrogen-bond acceptors (Lipinski definition) is 5. The van der Waals surface area contributed by atoms with E-state index in [0.29, 0.717) is 17.4 Å². The van der Waals surface area contributed by atoms with Crippen LogP contribution in [0.2, 0.25) is 0 Å². The molecule has 0 spiro atoms. The quantitative estimate of drug-likeness (QED) is 0.391. The number of rotatable bonds is 7. The third kappa shape index (κ3) is 5.33. The second-order valence-corrected chi connectivity index (χ2v) is 9.08. The number of benzene rings is 2. The Balaban J connectivity index is 1.76. The standard InChI is InChI=1S/C24H27N5OS/c1-5-28-22(18-11-13-19(14-12-18)24(2,3)4)26-27-23(28)31-17-21(30)29(16-15-25)20-9-7-6-8-10-20/h6-14H,5,16-17H2,1-4H3. The third-order valence-electron chi connectivity index (χ3n) is 4.96. The molecule has 0 aliphatic heterocycles. The van der Waals surface area contributed by atoms with Crippen LogP contribution < -0.4 is 4.90 Å². The van der Waals surface area contributed by atoms with Crippen LogP contribution in [0.15, 0.2) is 59.8 Å². The highest BCUT2D eigenvalue weighted by Crippen LogP contribution is 2.28. The largest absolute Gasteiger partial charge is 0.302 e. The van der Waals surface area contributed by atoms with E-state index in [1.54, 1.807) is 0 Å². The van der Waals surface area contributed by atoms with Gasteiger partial charge in [-0.3, -0.25) is 9.69 Å². The van der Waals surface area contributed by atoms with Crippen molar-refractivity contribution in [1.82, 2.24) is 14.8 Å². The molecule has 0 saturated heterocycles. The van der Waals surface area contributed by atoms with Crippen LogP contribution in [-0.2, 0) is 16.8 Å². The number of nitrogens with zero attached hydrogens (tertiary/aromatic N) is 5. The molecule has 0 aliphatic carbocycles. The Labute approximate surface area is 187 Å². The minimum Gasteiger partial charge on any atom is -0.302 e. The second-order valence-electron chi connectivity index (χ2n) is 8.14. The predicted octanol–water partition coefficient (Wildman–Crippen LogP) is 4.91. The molecule has 1 heterocycles. The monoisotopic (exact) mass is 433 g/mol. The maximum absolute atomic E-state index is 12.8. The average molecular weight is 434 g/mol. The summed E-state index contributed by atoms with van der Waals surface area (Å²) in [7, 11) is 0. The molecular weight excluding hydrogens is 406 g/mol. The molecule has 0 unspecified atom stereocenters. The Morgan fingerprint density at radius 2 is 1.77 bits per heavy atom. The van der Waals surface area contributed by atoms with Gasteiger partial charge in [-0.05, 0) is 30.0 Å². The van der Waals surface area contributed by atoms with Crippen LogP contribution in [0.1, 0.15) is 33.3 Å². The van der Waals surface area contributed by atoms with E-state index in [1.807, 2.05) is 41.8 Å². The van der Waals surface area contributed by atoms with Gasteiger partial charge < -0.3 is 4.57 Å². The number of thioether (sulfide) groups is 1. The Hall–Kier alpha value is -3.11. The van der Waals surface area contributed by atoms with Crippen molar-refractivity contribution in [1.29, 1.82) is 5.26 Å². The lowest BCUT2D eigenvalue weighted by atomic mass is 9.87. The van der Waals surface area contributed by atoms with Gasteiger partial charge in [0, 0.05) is 17.8 Å². The topological polar surface area (TPSA) is 74.8 Å². The van der Waals surface area contributed by atoms with Gasteiger partial charge in [0.05, 0.1) is 11.8 Å². The van der Waals surface area contributed by atoms with Gasteiger partial charge >= 0.3 is 0 Å². The molecule has 0 atom stereocenters. The number of nitriles is 1. The second kappa shape index (κ2) is 9.80. The smallest absolute Gasteiger partial charge is 0.238 e. The normalized spacial score (nSPS) is 11.2. The minimum atomic E-state index is -0.139. The fourth-order valence-corrected chi connectivity index (χ4v) is 4.10. The summed E-state index contributed by atoms with van der Waals surface area (Å²) >= 11 is 1.34. The van der Waals surface area contributed by atoms with Gasteiger partial charge in [-0.25, -0.2) is 0 Å². The first kappa shape index (κ1) is 22.6. The van der Waals surface area contributed by atoms with Crippen LogP contribution >= 0.6 is 11.8 Å². The molecule has 0 bridgehead atoms. The zero-order valence-electron chi connectivity index (χ0n) is 18.4. The fraction of sp³-hybridized carbons (Fsp3) is 0.333. The van der Waals surface area contributed by atoms with E-state index >= 15 is 0 Å². The first-order chi connectivity index (χ1) is 14.8. The first-order valence-corrected chi connectivity index (χ1v) is 11.2. The van der Waals surface area contributed by atoms with Crippen molar-refractivity contribution in [2.24, 2.45) is 0 Å². The predicted molar refractivity (Wildman–Crippen MR) is 125 cm³/mol. The van der Waals surface area contributed by atoms with E-state index in [-0.39, 0.29) is 23.6 Å². The molecule has 1 aromatic heterocycles. The summed E-state index contributed by atoms with van der Waals surface area (Å²) in [5.41, 5.74) is 3.06. The number of anilines is 1. The zero-order valence-corrected chi connectivity index (χ0v) is 19.2. The highest BCUT2D eigenvalue weighted by atomic mass is 32.2. The number of para-hydroxylation sites is 1. The molecular formula is C24H27N5OS. The Morgan fingerprint density at radius 1 is 1.10 bits per heavy atom. The molecule has 6 nitrogen and oxygen atoms in total. The number of hydrogen-bond donors (Lipinski definition) is 0. The van der Waals surface area contributed by atoms with Crippen LogP contribution in [0, 0.1) is 11.3 Å². The Morgan fingerprint density at radius 3 is 2.35 bits per heavy atom. The van der Waals surface area contributed by atoms with Gasteiger partial charge in [-0.15, -0.1) is 10.2 Å². The number of amides is 1. The lowest BCUT2D eigenvalue weighted by Gasteiger charge is -2.19. The highest BCUT2D eigenvalue weighted by molar-refractivity contribution is 7.99. The van der Waals surface area contributed by atoms with Crippen molar-refractivity contribution in [3.8, 4) is 17.5 Å². The van der Waals surface area contributed by atoms with Crippen LogP contribution in [-0.4, -0.2) is 33.0 Å². The van der Waals surface area contributed by atoms with Gasteiger partial charge in [0.25, 0.3) is 0 Å². The van der Waals surface area contributed by atoms with Crippen LogP contribution in [0.4, 0.5) is 5.69 Å². The maximum atomic E-state index is 12.8. The van der Waals surface area contributed by atoms with E-state index < -0.39 is 0 Å². The summed E-state index contributed by atoms with van der Waals surface area (Å²) < 4.78 is 2.02. The summed E-state index contributed by atoms with van der Waals surface area (Å²) in [5, 5.41) is 18.5. The first-order valence-electron chi connectivity index (χ1n) is 10.2. The number of aromatic nitrogens is 3. The lowest BCUT2D eigenvalue weighted by Crippen LogP contribution is -2.32. The van der Waals surface area contributed by atoms with Gasteiger partial charge in [-0.2, -0.15) is 5.26 Å². The van der Waals surface area contributed by atoms with Crippen molar-refractivity contribution in [3.05, 3.63) is 60.2 Å². The average Bonchev–Trinajstić information content (AvgIpc) is 3.19. The van der Waals surface area contributed by atoms with Crippen molar-refractivity contribution < 1.29 is 4.79 Å². The molecule has 3 rings (SSSR count). The highest BCUT2D eigenvalue weighted by Gasteiger charge is 2.19. The molecule has 7 heteroatoms. The van der Waals surface area contributed by atoms with Crippen molar-refractivity contribution in [2.45, 2.75) is 44.8 Å². The van der Waals surface area contributed by atoms with Gasteiger partial charge in [0.1, 0.15) is 6.54 Å². The summed E-state index contributed by atoms with van der Waals surface area (Å²) in [4.78, 5) is 14.3. The molecule has 2 aromatic carbocycles. The van der Waals surface area contributed by atoms with Crippen LogP contribution in [0.3, 0.4) is 0 Å². The van der Waals surface area contributed by atoms with Gasteiger partial charge in [0.15, 0.2) is 11.0 Å². The SMILES string of the molecule is CCn1c(SCC(=O)N(CC#N)c2ccccc2)nnc1-c1ccc(C(C)(C)C)cc1. The van der Waals surface area contributed by atoms with Crippen LogP contribution in [0.25, 0.3) is 11.4 Å². The molecule has 1 amide bonds. The van der Waals surface area contributed by atoms with E-state index in [1.165, 1.54) is 22.2 Å². The summed E-state index contributed by atoms with van der Waals surface area (Å²) in [5.74, 6) is 0.826. The fourth-order valence-electron chi connectivity index (χ4n) is 3.22. The summed E-state index contributed by atoms with van der Waals surface area (Å²) in [6.07, 6.45) is 0. The van der Waals surface area contributed by atoms with Gasteiger partial charge in [-0.1, -0.05) is 75.0 Å². The number of carbonyl (C=O) groups is 1. The summed E-state index contributed by atoms with van der Waals surface area (Å²) in [6.45, 7) is 9.30. The molecule has 31 heavy (non-hydrogen) atoms. The summed E-state index contributed by atoms with van der Waals surface area (Å²) in [6, 6.07) is 19.7. The number of carbonyl (C=O) groups excluding carboxylic acids is 1. The molecule has 3 aromatic rings. The zero-order chi connectivity index (χ0) is 22.4. The van der Waals surface area contributed by atoms with E-state index in [2.05, 4.69) is 61.3 Å². The van der Waals surface area contributed by atoms with E-state index in [0.717, 1.165) is 11.4 Å². The van der Waals surface area contributed by atoms with Crippen molar-refractivity contribution in [2.75, 3.05) is 17.2 Å². The van der Waals surface area contributed by atoms with Crippen molar-refractivity contribution >= 4 is 23.4 Å². The van der Waals surface area contributed by atoms with E-state index in [4.69, 9.17) is 5.26 Å². The van der Waals surface area contributed by atoms with Crippen molar-refractivity contribution in [3.63, 3.8) is 0 Å². The third-order valence-corrected chi connectivity index (χ3v) is 5.92. The molecule has 0 radical (unpaired) electrons. The molecule has 0 N–H and O–H groups in total. The van der Waals surface area contributed by atoms with Crippen LogP contribution in [0.5, 0.6) is 0 Å². The van der Waals surface area contributed by atoms with Gasteiger partial charge in [0.2, 0.25) is 5.91 Å². The van der Waals surface area contributed by atoms with E-state index in [9.17, 15) is 4.79 Å². The Kier molecular flexibility index (Phi) is 7.13. The maximum Gasteiger partial charge on any atom is 0.238 e. The lowest BCUT2D eigenvalue weighted by molar-refractivity contribution is -0.116. The minimum absolute atomic E-state index is 0.00918. The molecule has 0 aliphatic rings. The molecule has 0 saturated carbocycles. The Bertz CT molecular complexity index is 1060.